The summed E-state index contributed by atoms with van der Waals surface area (Å²) in [5.74, 6) is 1.36. The average Bonchev–Trinajstić information content (AvgIpc) is 3.01. The molecule has 1 amide bonds. The molecule has 26 heavy (non-hydrogen) atoms. The Morgan fingerprint density at radius 1 is 0.846 bits per heavy atom. The first-order chi connectivity index (χ1) is 12.7. The summed E-state index contributed by atoms with van der Waals surface area (Å²) < 4.78 is 7.67. The van der Waals surface area contributed by atoms with Gasteiger partial charge in [0.1, 0.15) is 17.2 Å². The molecule has 0 saturated carbocycles. The lowest BCUT2D eigenvalue weighted by molar-refractivity contribution is 0.101. The molecule has 4 nitrogen and oxygen atoms in total. The van der Waals surface area contributed by atoms with Crippen molar-refractivity contribution < 1.29 is 9.53 Å². The summed E-state index contributed by atoms with van der Waals surface area (Å²) >= 11 is 0. The summed E-state index contributed by atoms with van der Waals surface area (Å²) in [6, 6.07) is 26.8. The van der Waals surface area contributed by atoms with E-state index in [0.29, 0.717) is 5.69 Å². The number of aryl methyl sites for hydroxylation is 1. The van der Waals surface area contributed by atoms with E-state index < -0.39 is 0 Å². The van der Waals surface area contributed by atoms with E-state index in [0.717, 1.165) is 28.1 Å². The monoisotopic (exact) mass is 342 g/mol. The molecule has 0 unspecified atom stereocenters. The van der Waals surface area contributed by atoms with Gasteiger partial charge < -0.3 is 14.6 Å². The quantitative estimate of drug-likeness (QED) is 0.552. The Morgan fingerprint density at radius 3 is 2.23 bits per heavy atom. The maximum Gasteiger partial charge on any atom is 0.272 e. The van der Waals surface area contributed by atoms with Crippen LogP contribution in [0.3, 0.4) is 0 Å². The second-order valence-electron chi connectivity index (χ2n) is 6.04. The third-order valence-electron chi connectivity index (χ3n) is 4.28. The fraction of sp³-hybridized carbons (Fsp3) is 0.0455. The predicted molar refractivity (Wildman–Crippen MR) is 104 cm³/mol. The molecule has 3 aromatic carbocycles. The summed E-state index contributed by atoms with van der Waals surface area (Å²) in [5, 5.41) is 3.98. The van der Waals surface area contributed by atoms with Gasteiger partial charge in [0, 0.05) is 23.6 Å². The Labute approximate surface area is 151 Å². The minimum Gasteiger partial charge on any atom is -0.457 e. The number of para-hydroxylation sites is 2. The summed E-state index contributed by atoms with van der Waals surface area (Å²) in [7, 11) is 1.90. The fourth-order valence-corrected chi connectivity index (χ4v) is 2.93. The van der Waals surface area contributed by atoms with Crippen LogP contribution in [0, 0.1) is 0 Å². The Balaban J connectivity index is 1.49. The summed E-state index contributed by atoms with van der Waals surface area (Å²) in [6.07, 6.45) is 0. The van der Waals surface area contributed by atoms with Gasteiger partial charge in [0.25, 0.3) is 5.91 Å². The Morgan fingerprint density at radius 2 is 1.50 bits per heavy atom. The van der Waals surface area contributed by atoms with Crippen LogP contribution in [-0.4, -0.2) is 10.5 Å². The van der Waals surface area contributed by atoms with Crippen LogP contribution in [0.25, 0.3) is 10.9 Å². The molecule has 4 heteroatoms. The minimum atomic E-state index is -0.138. The highest BCUT2D eigenvalue weighted by Gasteiger charge is 2.13. The van der Waals surface area contributed by atoms with Gasteiger partial charge in [-0.25, -0.2) is 0 Å². The van der Waals surface area contributed by atoms with Gasteiger partial charge in [-0.15, -0.1) is 0 Å². The van der Waals surface area contributed by atoms with E-state index in [9.17, 15) is 4.79 Å². The van der Waals surface area contributed by atoms with Gasteiger partial charge in [-0.1, -0.05) is 36.4 Å². The number of aromatic nitrogens is 1. The first-order valence-corrected chi connectivity index (χ1v) is 8.39. The molecule has 0 aliphatic heterocycles. The Hall–Kier alpha value is -3.53. The zero-order valence-corrected chi connectivity index (χ0v) is 14.3. The van der Waals surface area contributed by atoms with Crippen LogP contribution in [-0.2, 0) is 7.05 Å². The van der Waals surface area contributed by atoms with Crippen LogP contribution in [0.1, 0.15) is 10.5 Å². The zero-order chi connectivity index (χ0) is 17.9. The molecule has 4 aromatic rings. The normalized spacial score (nSPS) is 10.7. The van der Waals surface area contributed by atoms with E-state index in [4.69, 9.17) is 4.74 Å². The predicted octanol–water partition coefficient (Wildman–Crippen LogP) is 5.22. The summed E-state index contributed by atoms with van der Waals surface area (Å²) in [4.78, 5) is 12.6. The van der Waals surface area contributed by atoms with Crippen molar-refractivity contribution in [2.75, 3.05) is 5.32 Å². The number of rotatable bonds is 4. The molecule has 0 spiro atoms. The van der Waals surface area contributed by atoms with E-state index in [1.807, 2.05) is 96.5 Å². The number of nitrogens with zero attached hydrogens (tertiary/aromatic N) is 1. The van der Waals surface area contributed by atoms with E-state index in [2.05, 4.69) is 5.32 Å². The zero-order valence-electron chi connectivity index (χ0n) is 14.3. The van der Waals surface area contributed by atoms with Crippen LogP contribution < -0.4 is 10.1 Å². The van der Waals surface area contributed by atoms with Crippen LogP contribution in [0.15, 0.2) is 84.9 Å². The molecule has 1 heterocycles. The number of ether oxygens (including phenoxy) is 1. The molecule has 0 radical (unpaired) electrons. The Kier molecular flexibility index (Phi) is 4.15. The van der Waals surface area contributed by atoms with Crippen molar-refractivity contribution in [1.82, 2.24) is 4.57 Å². The number of benzene rings is 3. The number of anilines is 1. The van der Waals surface area contributed by atoms with Gasteiger partial charge in [0.05, 0.1) is 0 Å². The highest BCUT2D eigenvalue weighted by Crippen LogP contribution is 2.23. The van der Waals surface area contributed by atoms with Crippen LogP contribution in [0.4, 0.5) is 5.69 Å². The maximum atomic E-state index is 12.6. The first kappa shape index (κ1) is 16.0. The molecule has 4 rings (SSSR count). The molecule has 0 aliphatic carbocycles. The smallest absolute Gasteiger partial charge is 0.272 e. The second kappa shape index (κ2) is 6.76. The second-order valence-corrected chi connectivity index (χ2v) is 6.04. The molecular weight excluding hydrogens is 324 g/mol. The van der Waals surface area contributed by atoms with E-state index >= 15 is 0 Å². The third-order valence-corrected chi connectivity index (χ3v) is 4.28. The fourth-order valence-electron chi connectivity index (χ4n) is 2.93. The third kappa shape index (κ3) is 3.17. The van der Waals surface area contributed by atoms with Crippen molar-refractivity contribution in [3.05, 3.63) is 90.6 Å². The summed E-state index contributed by atoms with van der Waals surface area (Å²) in [5.41, 5.74) is 2.38. The number of nitrogens with one attached hydrogen (secondary N) is 1. The first-order valence-electron chi connectivity index (χ1n) is 8.39. The highest BCUT2D eigenvalue weighted by molar-refractivity contribution is 6.06. The topological polar surface area (TPSA) is 43.3 Å². The molecule has 128 valence electrons. The van der Waals surface area contributed by atoms with Crippen molar-refractivity contribution in [2.45, 2.75) is 0 Å². The van der Waals surface area contributed by atoms with Crippen molar-refractivity contribution in [3.8, 4) is 11.5 Å². The van der Waals surface area contributed by atoms with Crippen molar-refractivity contribution >= 4 is 22.5 Å². The number of amides is 1. The molecule has 1 N–H and O–H groups in total. The maximum absolute atomic E-state index is 12.6. The van der Waals surface area contributed by atoms with Gasteiger partial charge >= 0.3 is 0 Å². The molecule has 0 atom stereocenters. The molecular formula is C22H18N2O2. The highest BCUT2D eigenvalue weighted by atomic mass is 16.5. The van der Waals surface area contributed by atoms with Gasteiger partial charge in [0.15, 0.2) is 0 Å². The molecule has 0 saturated heterocycles. The SMILES string of the molecule is Cn1c(C(=O)Nc2ccc(Oc3ccccc3)cc2)cc2ccccc21. The van der Waals surface area contributed by atoms with Gasteiger partial charge in [-0.05, 0) is 48.5 Å². The van der Waals surface area contributed by atoms with E-state index in [1.54, 1.807) is 0 Å². The largest absolute Gasteiger partial charge is 0.457 e. The van der Waals surface area contributed by atoms with Crippen LogP contribution in [0.2, 0.25) is 0 Å². The van der Waals surface area contributed by atoms with Crippen molar-refractivity contribution in [1.29, 1.82) is 0 Å². The van der Waals surface area contributed by atoms with Crippen molar-refractivity contribution in [2.24, 2.45) is 7.05 Å². The molecule has 0 aliphatic rings. The molecule has 1 aromatic heterocycles. The number of carbonyl (C=O) groups is 1. The van der Waals surface area contributed by atoms with Crippen molar-refractivity contribution in [3.63, 3.8) is 0 Å². The lowest BCUT2D eigenvalue weighted by atomic mass is 10.2. The standard InChI is InChI=1S/C22H18N2O2/c1-24-20-10-6-5-7-16(20)15-21(24)22(25)23-17-11-13-19(14-12-17)26-18-8-3-2-4-9-18/h2-15H,1H3,(H,23,25). The number of carbonyl (C=O) groups excluding carboxylic acids is 1. The lowest BCUT2D eigenvalue weighted by Gasteiger charge is -2.09. The van der Waals surface area contributed by atoms with E-state index in [-0.39, 0.29) is 5.91 Å². The number of hydrogen-bond donors (Lipinski definition) is 1. The lowest BCUT2D eigenvalue weighted by Crippen LogP contribution is -2.15. The van der Waals surface area contributed by atoms with Gasteiger partial charge in [-0.3, -0.25) is 4.79 Å². The van der Waals surface area contributed by atoms with Gasteiger partial charge in [-0.2, -0.15) is 0 Å². The molecule has 0 bridgehead atoms. The van der Waals surface area contributed by atoms with Crippen LogP contribution >= 0.6 is 0 Å². The van der Waals surface area contributed by atoms with Gasteiger partial charge in [0.2, 0.25) is 0 Å². The minimum absolute atomic E-state index is 0.138. The summed E-state index contributed by atoms with van der Waals surface area (Å²) in [6.45, 7) is 0. The number of fused-ring (bicyclic) bond motifs is 1. The number of hydrogen-bond acceptors (Lipinski definition) is 2. The average molecular weight is 342 g/mol. The van der Waals surface area contributed by atoms with Crippen LogP contribution in [0.5, 0.6) is 11.5 Å². The Bertz CT molecular complexity index is 1050. The molecule has 0 fully saturated rings. The van der Waals surface area contributed by atoms with E-state index in [1.165, 1.54) is 0 Å².